The second kappa shape index (κ2) is 28.0. The molecule has 2 aromatic heterocycles. The number of nitrogens with zero attached hydrogens (tertiary/aromatic N) is 8. The van der Waals surface area contributed by atoms with E-state index in [1.807, 2.05) is 90.9 Å². The van der Waals surface area contributed by atoms with Gasteiger partial charge in [-0.3, -0.25) is 9.69 Å². The van der Waals surface area contributed by atoms with Gasteiger partial charge in [0.25, 0.3) is 0 Å². The summed E-state index contributed by atoms with van der Waals surface area (Å²) in [5.74, 6) is 0.443. The van der Waals surface area contributed by atoms with E-state index >= 15 is 0 Å². The Labute approximate surface area is 458 Å². The van der Waals surface area contributed by atoms with Crippen molar-refractivity contribution in [2.45, 2.75) is 112 Å². The molecule has 5 aromatic rings. The number of para-hydroxylation sites is 1. The Morgan fingerprint density at radius 3 is 1.71 bits per heavy atom. The molecule has 0 unspecified atom stereocenters. The average Bonchev–Trinajstić information content (AvgIpc) is 3.79. The van der Waals surface area contributed by atoms with Crippen molar-refractivity contribution in [1.82, 2.24) is 50.2 Å². The summed E-state index contributed by atoms with van der Waals surface area (Å²) < 4.78 is 24.5. The summed E-state index contributed by atoms with van der Waals surface area (Å²) in [6.45, 7) is 23.7. The van der Waals surface area contributed by atoms with Gasteiger partial charge in [-0.1, -0.05) is 60.7 Å². The van der Waals surface area contributed by atoms with Crippen LogP contribution in [0, 0.1) is 6.92 Å². The zero-order valence-electron chi connectivity index (χ0n) is 46.7. The first-order chi connectivity index (χ1) is 36.6. The van der Waals surface area contributed by atoms with Gasteiger partial charge in [-0.2, -0.15) is 15.0 Å². The second-order valence-corrected chi connectivity index (χ2v) is 22.9. The van der Waals surface area contributed by atoms with E-state index < -0.39 is 35.1 Å². The van der Waals surface area contributed by atoms with E-state index in [2.05, 4.69) is 71.5 Å². The number of anilines is 2. The van der Waals surface area contributed by atoms with Crippen LogP contribution in [0.5, 0.6) is 6.01 Å². The monoisotopic (exact) mass is 1080 g/mol. The number of hydrogen-bond donors (Lipinski definition) is 4. The number of thiazole rings is 1. The van der Waals surface area contributed by atoms with Crippen molar-refractivity contribution in [2.75, 3.05) is 95.8 Å². The van der Waals surface area contributed by atoms with Crippen LogP contribution in [0.3, 0.4) is 0 Å². The molecule has 1 aliphatic heterocycles. The number of rotatable bonds is 18. The second-order valence-electron chi connectivity index (χ2n) is 21.9. The number of aromatic nitrogens is 4. The molecule has 1 aliphatic rings. The molecule has 4 N–H and O–H groups in total. The fraction of sp³-hybridized carbons (Fsp3) is 0.536. The summed E-state index contributed by atoms with van der Waals surface area (Å²) >= 11 is 1.69. The van der Waals surface area contributed by atoms with Gasteiger partial charge < -0.3 is 54.9 Å². The number of aryl methyl sites for hydroxylation is 1. The van der Waals surface area contributed by atoms with Gasteiger partial charge >= 0.3 is 24.3 Å². The van der Waals surface area contributed by atoms with Gasteiger partial charge in [0.1, 0.15) is 28.4 Å². The predicted molar refractivity (Wildman–Crippen MR) is 301 cm³/mol. The van der Waals surface area contributed by atoms with E-state index in [9.17, 15) is 19.2 Å². The molecule has 0 spiro atoms. The molecule has 0 atom stereocenters. The molecule has 6 rings (SSSR count). The zero-order chi connectivity index (χ0) is 55.6. The lowest BCUT2D eigenvalue weighted by Gasteiger charge is -2.35. The fourth-order valence-electron chi connectivity index (χ4n) is 7.88. The van der Waals surface area contributed by atoms with Crippen molar-refractivity contribution in [3.63, 3.8) is 0 Å². The molecule has 3 heterocycles. The van der Waals surface area contributed by atoms with Crippen LogP contribution in [0.15, 0.2) is 72.8 Å². The lowest BCUT2D eigenvalue weighted by atomic mass is 10.1. The summed E-state index contributed by atoms with van der Waals surface area (Å²) in [4.78, 5) is 78.9. The minimum absolute atomic E-state index is 0.147. The van der Waals surface area contributed by atoms with Gasteiger partial charge in [0.15, 0.2) is 0 Å². The van der Waals surface area contributed by atoms with Crippen molar-refractivity contribution >= 4 is 57.6 Å². The third kappa shape index (κ3) is 20.9. The van der Waals surface area contributed by atoms with E-state index in [1.54, 1.807) is 41.9 Å². The Hall–Kier alpha value is -6.84. The molecular weight excluding hydrogens is 1000 g/mol. The maximum absolute atomic E-state index is 13.5. The molecule has 21 heteroatoms. The minimum Gasteiger partial charge on any atom is -0.462 e. The fourth-order valence-corrected chi connectivity index (χ4v) is 8.85. The van der Waals surface area contributed by atoms with Gasteiger partial charge in [-0.15, -0.1) is 11.3 Å². The molecule has 77 heavy (non-hydrogen) atoms. The van der Waals surface area contributed by atoms with Crippen molar-refractivity contribution in [3.05, 3.63) is 89.5 Å². The van der Waals surface area contributed by atoms with Crippen molar-refractivity contribution in [2.24, 2.45) is 0 Å². The predicted octanol–water partition coefficient (Wildman–Crippen LogP) is 8.57. The van der Waals surface area contributed by atoms with Crippen LogP contribution < -0.4 is 26.0 Å². The van der Waals surface area contributed by atoms with Crippen molar-refractivity contribution in [1.29, 1.82) is 0 Å². The number of carbonyl (C=O) groups is 4. The van der Waals surface area contributed by atoms with Crippen molar-refractivity contribution < 1.29 is 38.1 Å². The summed E-state index contributed by atoms with van der Waals surface area (Å²) in [5, 5.41) is 13.9. The van der Waals surface area contributed by atoms with Crippen LogP contribution >= 0.6 is 11.3 Å². The summed E-state index contributed by atoms with van der Waals surface area (Å²) in [5.41, 5.74) is 3.25. The zero-order valence-corrected chi connectivity index (χ0v) is 47.5. The van der Waals surface area contributed by atoms with Crippen LogP contribution in [-0.2, 0) is 32.1 Å². The highest BCUT2D eigenvalue weighted by Gasteiger charge is 2.30. The normalized spacial score (nSPS) is 14.3. The van der Waals surface area contributed by atoms with Crippen molar-refractivity contribution in [3.8, 4) is 16.6 Å². The minimum atomic E-state index is -0.747. The quantitative estimate of drug-likeness (QED) is 0.0477. The van der Waals surface area contributed by atoms with Gasteiger partial charge in [-0.05, 0) is 111 Å². The molecular formula is C56H80N12O8S. The van der Waals surface area contributed by atoms with E-state index in [4.69, 9.17) is 23.9 Å². The van der Waals surface area contributed by atoms with E-state index in [0.29, 0.717) is 77.9 Å². The molecule has 418 valence electrons. The van der Waals surface area contributed by atoms with Gasteiger partial charge in [0.05, 0.1) is 10.2 Å². The van der Waals surface area contributed by atoms with Crippen LogP contribution in [-0.4, -0.2) is 166 Å². The Morgan fingerprint density at radius 2 is 1.14 bits per heavy atom. The Bertz CT molecular complexity index is 2630. The smallest absolute Gasteiger partial charge is 0.410 e. The van der Waals surface area contributed by atoms with E-state index in [0.717, 1.165) is 32.8 Å². The lowest BCUT2D eigenvalue weighted by molar-refractivity contribution is -0.120. The number of ether oxygens (including phenoxy) is 4. The SMILES string of the molecule is Cc1ccccc1CNc1nc(NCCC(=O)NCCCN2CCN(C(=O)OC(C)(C)C)CCN(C(=O)OC(C)(C)C)CCN(C(=O)OC(C)(C)C)CC2)nc(OCCNCc2ccc(-c3nc4ccccc4s3)cc2)n1. The topological polar surface area (TPSA) is 218 Å². The first kappa shape index (κ1) is 59.4. The molecule has 0 bridgehead atoms. The maximum atomic E-state index is 13.5. The molecule has 0 saturated carbocycles. The summed E-state index contributed by atoms with van der Waals surface area (Å²) in [7, 11) is 0. The van der Waals surface area contributed by atoms with Gasteiger partial charge in [-0.25, -0.2) is 19.4 Å². The highest BCUT2D eigenvalue weighted by atomic mass is 32.1. The Kier molecular flexibility index (Phi) is 21.6. The Morgan fingerprint density at radius 1 is 0.597 bits per heavy atom. The largest absolute Gasteiger partial charge is 0.462 e. The molecule has 0 radical (unpaired) electrons. The van der Waals surface area contributed by atoms with Crippen LogP contribution in [0.4, 0.5) is 26.3 Å². The molecule has 1 saturated heterocycles. The molecule has 1 fully saturated rings. The van der Waals surface area contributed by atoms with E-state index in [-0.39, 0.29) is 57.0 Å². The number of carbonyl (C=O) groups excluding carboxylic acids is 4. The molecule has 0 aliphatic carbocycles. The number of hydrogen-bond acceptors (Lipinski definition) is 17. The van der Waals surface area contributed by atoms with Crippen LogP contribution in [0.25, 0.3) is 20.8 Å². The third-order valence-corrected chi connectivity index (χ3v) is 12.9. The van der Waals surface area contributed by atoms with Crippen LogP contribution in [0.2, 0.25) is 0 Å². The number of fused-ring (bicyclic) bond motifs is 1. The molecule has 3 aromatic carbocycles. The average molecular weight is 1080 g/mol. The summed E-state index contributed by atoms with van der Waals surface area (Å²) in [6, 6.07) is 24.8. The highest BCUT2D eigenvalue weighted by molar-refractivity contribution is 7.21. The standard InChI is InChI=1S/C56H80N12O8S/c1-40-16-11-12-17-43(40)39-60-49-62-48(63-50(64-49)73-37-27-57-38-41-20-22-42(23-21-41)47-61-44-18-13-14-19-45(44)77-47)59-26-24-46(69)58-25-15-28-65-29-31-66(51(70)74-54(2,3)4)33-35-68(53(72)76-56(8,9)10)36-34-67(32-30-65)52(71)75-55(5,6)7/h11-14,16-23,57H,15,24-39H2,1-10H3,(H,58,69)(H2,59,60,62,63,64). The van der Waals surface area contributed by atoms with Crippen LogP contribution in [0.1, 0.15) is 91.8 Å². The molecule has 20 nitrogen and oxygen atoms in total. The lowest BCUT2D eigenvalue weighted by Crippen LogP contribution is -2.51. The first-order valence-corrected chi connectivity index (χ1v) is 27.4. The van der Waals surface area contributed by atoms with Gasteiger partial charge in [0.2, 0.25) is 17.8 Å². The maximum Gasteiger partial charge on any atom is 0.410 e. The summed E-state index contributed by atoms with van der Waals surface area (Å²) in [6.07, 6.45) is -0.776. The molecule has 4 amide bonds. The number of amides is 4. The highest BCUT2D eigenvalue weighted by Crippen LogP contribution is 2.30. The number of nitrogens with one attached hydrogen (secondary N) is 4. The number of benzene rings is 3. The van der Waals surface area contributed by atoms with Gasteiger partial charge in [0, 0.05) is 97.1 Å². The first-order valence-electron chi connectivity index (χ1n) is 26.6. The Balaban J connectivity index is 1.01. The third-order valence-electron chi connectivity index (χ3n) is 11.9. The van der Waals surface area contributed by atoms with E-state index in [1.165, 1.54) is 9.60 Å².